The molecule has 3 nitrogen and oxygen atoms in total. The monoisotopic (exact) mass is 202 g/mol. The summed E-state index contributed by atoms with van der Waals surface area (Å²) >= 11 is 0. The van der Waals surface area contributed by atoms with Gasteiger partial charge in [-0.25, -0.2) is 0 Å². The average molecular weight is 203 g/mol. The Morgan fingerprint density at radius 2 is 1.92 bits per heavy atom. The SMILES string of the molecule is COc1ccc(COC=O)cc1.Cl. The second-order valence-electron chi connectivity index (χ2n) is 2.26. The third-order valence-electron chi connectivity index (χ3n) is 1.48. The van der Waals surface area contributed by atoms with Gasteiger partial charge in [0.1, 0.15) is 12.4 Å². The molecule has 0 saturated carbocycles. The number of carbonyl (C=O) groups is 1. The highest BCUT2D eigenvalue weighted by Crippen LogP contribution is 2.11. The van der Waals surface area contributed by atoms with Crippen LogP contribution in [0.2, 0.25) is 0 Å². The summed E-state index contributed by atoms with van der Waals surface area (Å²) in [5.74, 6) is 0.796. The predicted molar refractivity (Wildman–Crippen MR) is 51.1 cm³/mol. The Morgan fingerprint density at radius 1 is 1.31 bits per heavy atom. The molecule has 0 spiro atoms. The highest BCUT2D eigenvalue weighted by Gasteiger charge is 1.93. The summed E-state index contributed by atoms with van der Waals surface area (Å²) in [6, 6.07) is 7.34. The van der Waals surface area contributed by atoms with E-state index in [4.69, 9.17) is 4.74 Å². The summed E-state index contributed by atoms with van der Waals surface area (Å²) in [5, 5.41) is 0. The summed E-state index contributed by atoms with van der Waals surface area (Å²) < 4.78 is 9.53. The van der Waals surface area contributed by atoms with Crippen LogP contribution in [-0.2, 0) is 16.1 Å². The number of ether oxygens (including phenoxy) is 2. The number of benzene rings is 1. The molecule has 0 aromatic heterocycles. The maximum absolute atomic E-state index is 9.85. The largest absolute Gasteiger partial charge is 0.497 e. The molecule has 13 heavy (non-hydrogen) atoms. The van der Waals surface area contributed by atoms with E-state index in [0.29, 0.717) is 13.1 Å². The lowest BCUT2D eigenvalue weighted by Gasteiger charge is -2.01. The normalized spacial score (nSPS) is 8.38. The smallest absolute Gasteiger partial charge is 0.293 e. The number of carbonyl (C=O) groups excluding carboxylic acids is 1. The Balaban J connectivity index is 0.00000144. The second kappa shape index (κ2) is 6.31. The zero-order chi connectivity index (χ0) is 8.81. The number of hydrogen-bond acceptors (Lipinski definition) is 3. The molecule has 0 heterocycles. The van der Waals surface area contributed by atoms with Crippen LogP contribution in [0.15, 0.2) is 24.3 Å². The zero-order valence-electron chi connectivity index (χ0n) is 7.23. The van der Waals surface area contributed by atoms with Gasteiger partial charge in [0.15, 0.2) is 0 Å². The third-order valence-corrected chi connectivity index (χ3v) is 1.48. The van der Waals surface area contributed by atoms with E-state index in [0.717, 1.165) is 11.3 Å². The summed E-state index contributed by atoms with van der Waals surface area (Å²) in [7, 11) is 1.61. The Labute approximate surface area is 83.1 Å². The standard InChI is InChI=1S/C9H10O3.ClH/c1-11-9-4-2-8(3-5-9)6-12-7-10;/h2-5,7H,6H2,1H3;1H. The molecule has 0 radical (unpaired) electrons. The molecular weight excluding hydrogens is 192 g/mol. The van der Waals surface area contributed by atoms with E-state index >= 15 is 0 Å². The van der Waals surface area contributed by atoms with Gasteiger partial charge in [-0.05, 0) is 17.7 Å². The summed E-state index contributed by atoms with van der Waals surface area (Å²) in [5.41, 5.74) is 0.947. The first-order valence-electron chi connectivity index (χ1n) is 3.55. The number of halogens is 1. The van der Waals surface area contributed by atoms with Crippen LogP contribution in [0.4, 0.5) is 0 Å². The van der Waals surface area contributed by atoms with Crippen molar-refractivity contribution in [1.82, 2.24) is 0 Å². The molecular formula is C9H11ClO3. The van der Waals surface area contributed by atoms with Crippen LogP contribution >= 0.6 is 12.4 Å². The van der Waals surface area contributed by atoms with E-state index in [1.54, 1.807) is 7.11 Å². The molecule has 0 aliphatic rings. The predicted octanol–water partition coefficient (Wildman–Crippen LogP) is 1.79. The van der Waals surface area contributed by atoms with Crippen molar-refractivity contribution >= 4 is 18.9 Å². The van der Waals surface area contributed by atoms with Gasteiger partial charge in [0.25, 0.3) is 6.47 Å². The van der Waals surface area contributed by atoms with Crippen molar-refractivity contribution in [2.45, 2.75) is 6.61 Å². The lowest BCUT2D eigenvalue weighted by atomic mass is 10.2. The molecule has 0 atom stereocenters. The molecule has 1 rings (SSSR count). The number of rotatable bonds is 4. The Morgan fingerprint density at radius 3 is 2.38 bits per heavy atom. The molecule has 0 N–H and O–H groups in total. The van der Waals surface area contributed by atoms with Crippen LogP contribution in [0.1, 0.15) is 5.56 Å². The van der Waals surface area contributed by atoms with Gasteiger partial charge in [-0.2, -0.15) is 0 Å². The quantitative estimate of drug-likeness (QED) is 0.699. The van der Waals surface area contributed by atoms with Crippen LogP contribution in [0.25, 0.3) is 0 Å². The van der Waals surface area contributed by atoms with Crippen molar-refractivity contribution < 1.29 is 14.3 Å². The third kappa shape index (κ3) is 3.80. The molecule has 0 bridgehead atoms. The maximum Gasteiger partial charge on any atom is 0.293 e. The average Bonchev–Trinajstić information content (AvgIpc) is 2.15. The minimum Gasteiger partial charge on any atom is -0.497 e. The van der Waals surface area contributed by atoms with Crippen molar-refractivity contribution in [3.8, 4) is 5.75 Å². The van der Waals surface area contributed by atoms with Gasteiger partial charge in [-0.3, -0.25) is 4.79 Å². The van der Waals surface area contributed by atoms with Gasteiger partial charge in [-0.1, -0.05) is 12.1 Å². The molecule has 72 valence electrons. The van der Waals surface area contributed by atoms with Crippen molar-refractivity contribution in [3.05, 3.63) is 29.8 Å². The van der Waals surface area contributed by atoms with Gasteiger partial charge in [0.2, 0.25) is 0 Å². The van der Waals surface area contributed by atoms with Crippen LogP contribution in [0.3, 0.4) is 0 Å². The first-order valence-corrected chi connectivity index (χ1v) is 3.55. The Hall–Kier alpha value is -1.22. The molecule has 0 unspecified atom stereocenters. The van der Waals surface area contributed by atoms with Crippen molar-refractivity contribution in [1.29, 1.82) is 0 Å². The maximum atomic E-state index is 9.85. The number of methoxy groups -OCH3 is 1. The van der Waals surface area contributed by atoms with E-state index in [2.05, 4.69) is 4.74 Å². The molecule has 0 aliphatic carbocycles. The van der Waals surface area contributed by atoms with Crippen molar-refractivity contribution in [3.63, 3.8) is 0 Å². The minimum absolute atomic E-state index is 0. The minimum atomic E-state index is 0. The zero-order valence-corrected chi connectivity index (χ0v) is 8.04. The molecule has 0 aliphatic heterocycles. The van der Waals surface area contributed by atoms with Crippen LogP contribution in [0, 0.1) is 0 Å². The van der Waals surface area contributed by atoms with E-state index < -0.39 is 0 Å². The fraction of sp³-hybridized carbons (Fsp3) is 0.222. The fourth-order valence-corrected chi connectivity index (χ4v) is 0.852. The summed E-state index contributed by atoms with van der Waals surface area (Å²) in [4.78, 5) is 9.85. The van der Waals surface area contributed by atoms with E-state index in [-0.39, 0.29) is 12.4 Å². The van der Waals surface area contributed by atoms with Gasteiger partial charge >= 0.3 is 0 Å². The molecule has 4 heteroatoms. The van der Waals surface area contributed by atoms with Crippen LogP contribution < -0.4 is 4.74 Å². The van der Waals surface area contributed by atoms with Gasteiger partial charge in [-0.15, -0.1) is 12.4 Å². The Kier molecular flexibility index (Phi) is 5.72. The molecule has 0 saturated heterocycles. The van der Waals surface area contributed by atoms with Crippen LogP contribution in [0.5, 0.6) is 5.75 Å². The fourth-order valence-electron chi connectivity index (χ4n) is 0.852. The second-order valence-corrected chi connectivity index (χ2v) is 2.26. The first kappa shape index (κ1) is 11.8. The van der Waals surface area contributed by atoms with Gasteiger partial charge in [0, 0.05) is 0 Å². The molecule has 1 aromatic rings. The van der Waals surface area contributed by atoms with E-state index in [9.17, 15) is 4.79 Å². The van der Waals surface area contributed by atoms with Crippen molar-refractivity contribution in [2.24, 2.45) is 0 Å². The van der Waals surface area contributed by atoms with Gasteiger partial charge in [0.05, 0.1) is 7.11 Å². The van der Waals surface area contributed by atoms with E-state index in [1.165, 1.54) is 0 Å². The van der Waals surface area contributed by atoms with Crippen LogP contribution in [-0.4, -0.2) is 13.6 Å². The summed E-state index contributed by atoms with van der Waals surface area (Å²) in [6.07, 6.45) is 0. The first-order chi connectivity index (χ1) is 5.86. The highest BCUT2D eigenvalue weighted by atomic mass is 35.5. The topological polar surface area (TPSA) is 35.5 Å². The molecule has 0 amide bonds. The van der Waals surface area contributed by atoms with E-state index in [1.807, 2.05) is 24.3 Å². The molecule has 1 aromatic carbocycles. The van der Waals surface area contributed by atoms with Crippen molar-refractivity contribution in [2.75, 3.05) is 7.11 Å². The van der Waals surface area contributed by atoms with Gasteiger partial charge < -0.3 is 9.47 Å². The highest BCUT2D eigenvalue weighted by molar-refractivity contribution is 5.85. The lowest BCUT2D eigenvalue weighted by molar-refractivity contribution is -0.129. The molecule has 0 fully saturated rings. The Bertz CT molecular complexity index is 246. The summed E-state index contributed by atoms with van der Waals surface area (Å²) in [6.45, 7) is 0.748. The number of hydrogen-bond donors (Lipinski definition) is 0. The lowest BCUT2D eigenvalue weighted by Crippen LogP contribution is -1.90.